The summed E-state index contributed by atoms with van der Waals surface area (Å²) >= 11 is 0. The van der Waals surface area contributed by atoms with E-state index < -0.39 is 18.1 Å². The van der Waals surface area contributed by atoms with Gasteiger partial charge in [-0.15, -0.1) is 0 Å². The number of para-hydroxylation sites is 1. The summed E-state index contributed by atoms with van der Waals surface area (Å²) in [6.45, 7) is -0.204. The number of nitrogens with two attached hydrogens (primary N) is 1. The second-order valence-electron chi connectivity index (χ2n) is 4.91. The highest BCUT2D eigenvalue weighted by Gasteiger charge is 2.18. The van der Waals surface area contributed by atoms with E-state index in [1.807, 2.05) is 30.3 Å². The first-order valence-corrected chi connectivity index (χ1v) is 7.26. The largest absolute Gasteiger partial charge is 0.480 e. The number of hydrogen-bond donors (Lipinski definition) is 3. The van der Waals surface area contributed by atoms with Crippen molar-refractivity contribution in [2.75, 3.05) is 6.54 Å². The molecule has 1 atom stereocenters. The Morgan fingerprint density at radius 2 is 1.67 bits per heavy atom. The molecule has 0 saturated carbocycles. The maximum absolute atomic E-state index is 11.5. The lowest BCUT2D eigenvalue weighted by Gasteiger charge is -2.12. The lowest BCUT2D eigenvalue weighted by Crippen LogP contribution is -2.45. The fraction of sp³-hybridized carbons (Fsp3) is 0.176. The average Bonchev–Trinajstić information content (AvgIpc) is 2.59. The Bertz CT molecular complexity index is 673. The first-order chi connectivity index (χ1) is 11.6. The van der Waals surface area contributed by atoms with Crippen LogP contribution in [0, 0.1) is 0 Å². The lowest BCUT2D eigenvalue weighted by atomic mass is 10.2. The highest BCUT2D eigenvalue weighted by atomic mass is 16.5. The zero-order valence-electron chi connectivity index (χ0n) is 12.8. The Labute approximate surface area is 139 Å². The van der Waals surface area contributed by atoms with Crippen molar-refractivity contribution in [1.29, 1.82) is 0 Å². The van der Waals surface area contributed by atoms with Crippen LogP contribution >= 0.6 is 0 Å². The molecule has 0 spiro atoms. The fourth-order valence-electron chi connectivity index (χ4n) is 1.83. The molecule has 0 bridgehead atoms. The molecular formula is C17H18N2O5. The third-order valence-corrected chi connectivity index (χ3v) is 3.10. The van der Waals surface area contributed by atoms with E-state index in [0.717, 1.165) is 11.3 Å². The molecule has 24 heavy (non-hydrogen) atoms. The Balaban J connectivity index is 1.83. The van der Waals surface area contributed by atoms with Gasteiger partial charge in [0.15, 0.2) is 0 Å². The van der Waals surface area contributed by atoms with E-state index in [1.54, 1.807) is 24.3 Å². The first kappa shape index (κ1) is 17.3. The van der Waals surface area contributed by atoms with Crippen molar-refractivity contribution in [1.82, 2.24) is 5.32 Å². The number of carbonyl (C=O) groups is 2. The summed E-state index contributed by atoms with van der Waals surface area (Å²) in [7, 11) is 0. The number of alkyl carbamates (subject to hydrolysis) is 1. The lowest BCUT2D eigenvalue weighted by molar-refractivity contribution is -0.139. The van der Waals surface area contributed by atoms with E-state index in [2.05, 4.69) is 5.32 Å². The number of amides is 1. The SMILES string of the molecule is NCC(NC(=O)OCc1ccc(Oc2ccccc2)cc1)C(=O)O. The van der Waals surface area contributed by atoms with Crippen LogP contribution in [0.1, 0.15) is 5.56 Å². The number of carboxylic acids is 1. The fourth-order valence-corrected chi connectivity index (χ4v) is 1.83. The third kappa shape index (κ3) is 5.29. The summed E-state index contributed by atoms with van der Waals surface area (Å²) in [5, 5.41) is 11.0. The predicted octanol–water partition coefficient (Wildman–Crippen LogP) is 2.12. The van der Waals surface area contributed by atoms with Crippen molar-refractivity contribution in [3.05, 3.63) is 60.2 Å². The minimum absolute atomic E-state index is 0.00829. The molecule has 2 rings (SSSR count). The van der Waals surface area contributed by atoms with E-state index in [1.165, 1.54) is 0 Å². The second-order valence-corrected chi connectivity index (χ2v) is 4.91. The van der Waals surface area contributed by atoms with Gasteiger partial charge in [0.25, 0.3) is 0 Å². The summed E-state index contributed by atoms with van der Waals surface area (Å²) in [6.07, 6.45) is -0.836. The number of hydrogen-bond acceptors (Lipinski definition) is 5. The van der Waals surface area contributed by atoms with Gasteiger partial charge in [-0.25, -0.2) is 9.59 Å². The van der Waals surface area contributed by atoms with Crippen molar-refractivity contribution >= 4 is 12.1 Å². The molecule has 0 aromatic heterocycles. The molecule has 0 aliphatic carbocycles. The van der Waals surface area contributed by atoms with Gasteiger partial charge in [0.05, 0.1) is 0 Å². The zero-order valence-corrected chi connectivity index (χ0v) is 12.8. The molecule has 0 fully saturated rings. The van der Waals surface area contributed by atoms with Crippen LogP contribution in [0.25, 0.3) is 0 Å². The Kier molecular flexibility index (Phi) is 6.16. The molecule has 2 aromatic rings. The molecule has 0 radical (unpaired) electrons. The normalized spacial score (nSPS) is 11.4. The van der Waals surface area contributed by atoms with Gasteiger partial charge in [-0.2, -0.15) is 0 Å². The van der Waals surface area contributed by atoms with Gasteiger partial charge in [0, 0.05) is 6.54 Å². The number of ether oxygens (including phenoxy) is 2. The summed E-state index contributed by atoms with van der Waals surface area (Å²) in [5.41, 5.74) is 5.99. The minimum atomic E-state index is -1.21. The minimum Gasteiger partial charge on any atom is -0.480 e. The third-order valence-electron chi connectivity index (χ3n) is 3.10. The van der Waals surface area contributed by atoms with Crippen LogP contribution in [-0.2, 0) is 16.1 Å². The van der Waals surface area contributed by atoms with Crippen molar-refractivity contribution < 1.29 is 24.2 Å². The quantitative estimate of drug-likeness (QED) is 0.717. The van der Waals surface area contributed by atoms with Crippen LogP contribution in [0.2, 0.25) is 0 Å². The molecule has 4 N–H and O–H groups in total. The maximum Gasteiger partial charge on any atom is 0.408 e. The Hall–Kier alpha value is -3.06. The van der Waals surface area contributed by atoms with Crippen LogP contribution in [0.3, 0.4) is 0 Å². The van der Waals surface area contributed by atoms with Gasteiger partial charge in [-0.05, 0) is 29.8 Å². The van der Waals surface area contributed by atoms with E-state index in [-0.39, 0.29) is 13.2 Å². The molecule has 7 nitrogen and oxygen atoms in total. The van der Waals surface area contributed by atoms with E-state index in [9.17, 15) is 9.59 Å². The topological polar surface area (TPSA) is 111 Å². The maximum atomic E-state index is 11.5. The monoisotopic (exact) mass is 330 g/mol. The van der Waals surface area contributed by atoms with Crippen LogP contribution in [-0.4, -0.2) is 29.8 Å². The number of carboxylic acid groups (broad SMARTS) is 1. The molecule has 126 valence electrons. The first-order valence-electron chi connectivity index (χ1n) is 7.26. The van der Waals surface area contributed by atoms with Crippen molar-refractivity contribution in [2.24, 2.45) is 5.73 Å². The van der Waals surface area contributed by atoms with Crippen molar-refractivity contribution in [3.8, 4) is 11.5 Å². The highest BCUT2D eigenvalue weighted by Crippen LogP contribution is 2.21. The Morgan fingerprint density at radius 3 is 2.25 bits per heavy atom. The van der Waals surface area contributed by atoms with Gasteiger partial charge in [0.1, 0.15) is 24.1 Å². The summed E-state index contributed by atoms with van der Waals surface area (Å²) in [4.78, 5) is 22.3. The van der Waals surface area contributed by atoms with Gasteiger partial charge < -0.3 is 25.6 Å². The molecular weight excluding hydrogens is 312 g/mol. The smallest absolute Gasteiger partial charge is 0.408 e. The van der Waals surface area contributed by atoms with Gasteiger partial charge in [-0.3, -0.25) is 0 Å². The van der Waals surface area contributed by atoms with Gasteiger partial charge >= 0.3 is 12.1 Å². The number of nitrogens with one attached hydrogen (secondary N) is 1. The molecule has 2 aromatic carbocycles. The van der Waals surface area contributed by atoms with Gasteiger partial charge in [0.2, 0.25) is 0 Å². The molecule has 0 aliphatic rings. The molecule has 1 amide bonds. The molecule has 1 unspecified atom stereocenters. The van der Waals surface area contributed by atoms with Crippen LogP contribution < -0.4 is 15.8 Å². The number of rotatable bonds is 7. The second kappa shape index (κ2) is 8.54. The van der Waals surface area contributed by atoms with Crippen molar-refractivity contribution in [2.45, 2.75) is 12.6 Å². The molecule has 7 heteroatoms. The van der Waals surface area contributed by atoms with Crippen LogP contribution in [0.15, 0.2) is 54.6 Å². The van der Waals surface area contributed by atoms with Crippen molar-refractivity contribution in [3.63, 3.8) is 0 Å². The predicted molar refractivity (Wildman–Crippen MR) is 86.8 cm³/mol. The average molecular weight is 330 g/mol. The standard InChI is InChI=1S/C17H18N2O5/c18-10-15(16(20)21)19-17(22)23-11-12-6-8-14(9-7-12)24-13-4-2-1-3-5-13/h1-9,15H,10-11,18H2,(H,19,22)(H,20,21). The summed E-state index contributed by atoms with van der Waals surface area (Å²) < 4.78 is 10.6. The summed E-state index contributed by atoms with van der Waals surface area (Å²) in [6, 6.07) is 15.2. The summed E-state index contributed by atoms with van der Waals surface area (Å²) in [5.74, 6) is 0.169. The van der Waals surface area contributed by atoms with Crippen LogP contribution in [0.4, 0.5) is 4.79 Å². The molecule has 0 heterocycles. The zero-order chi connectivity index (χ0) is 17.4. The highest BCUT2D eigenvalue weighted by molar-refractivity contribution is 5.80. The van der Waals surface area contributed by atoms with E-state index in [0.29, 0.717) is 5.75 Å². The molecule has 0 saturated heterocycles. The molecule has 0 aliphatic heterocycles. The van der Waals surface area contributed by atoms with Gasteiger partial charge in [-0.1, -0.05) is 30.3 Å². The number of aliphatic carboxylic acids is 1. The van der Waals surface area contributed by atoms with Crippen LogP contribution in [0.5, 0.6) is 11.5 Å². The van der Waals surface area contributed by atoms with E-state index >= 15 is 0 Å². The Morgan fingerprint density at radius 1 is 1.04 bits per heavy atom. The number of benzene rings is 2. The number of carbonyl (C=O) groups excluding carboxylic acids is 1. The van der Waals surface area contributed by atoms with E-state index in [4.69, 9.17) is 20.3 Å².